The van der Waals surface area contributed by atoms with Crippen molar-refractivity contribution in [3.8, 4) is 34.0 Å². The largest absolute Gasteiger partial charge is 0.454 e. The van der Waals surface area contributed by atoms with Crippen molar-refractivity contribution in [2.45, 2.75) is 0 Å². The summed E-state index contributed by atoms with van der Waals surface area (Å²) in [4.78, 5) is 10.4. The molecule has 0 aliphatic rings. The fourth-order valence-corrected chi connectivity index (χ4v) is 8.80. The molecule has 12 rings (SSSR count). The molecule has 0 bridgehead atoms. The first-order valence-corrected chi connectivity index (χ1v) is 18.6. The highest BCUT2D eigenvalue weighted by atomic mass is 16.3. The zero-order chi connectivity index (χ0) is 36.0. The molecule has 55 heavy (non-hydrogen) atoms. The van der Waals surface area contributed by atoms with Crippen molar-refractivity contribution < 1.29 is 4.42 Å². The molecular formula is C50H30N4O. The quantitative estimate of drug-likeness (QED) is 0.183. The molecule has 0 N–H and O–H groups in total. The van der Waals surface area contributed by atoms with Gasteiger partial charge >= 0.3 is 0 Å². The molecule has 5 heteroatoms. The van der Waals surface area contributed by atoms with Gasteiger partial charge in [0.25, 0.3) is 0 Å². The Kier molecular flexibility index (Phi) is 6.27. The molecule has 0 atom stereocenters. The SMILES string of the molecule is c1ccc(-c2nc(-c3cccc(-n4c5ccccc5c5c6c7ccccc7n(-c7ccccc7)c6c6c7ccccc7oc6c54)c3)nc3ccccc23)cc1. The second-order valence-electron chi connectivity index (χ2n) is 14.1. The van der Waals surface area contributed by atoms with E-state index < -0.39 is 0 Å². The molecule has 5 nitrogen and oxygen atoms in total. The van der Waals surface area contributed by atoms with Gasteiger partial charge in [-0.3, -0.25) is 0 Å². The number of fused-ring (bicyclic) bond motifs is 13. The number of hydrogen-bond donors (Lipinski definition) is 0. The van der Waals surface area contributed by atoms with Crippen molar-refractivity contribution >= 4 is 76.5 Å². The maximum absolute atomic E-state index is 7.02. The zero-order valence-corrected chi connectivity index (χ0v) is 29.5. The van der Waals surface area contributed by atoms with Crippen LogP contribution in [0.5, 0.6) is 0 Å². The Balaban J connectivity index is 1.23. The van der Waals surface area contributed by atoms with Crippen molar-refractivity contribution in [1.82, 2.24) is 19.1 Å². The van der Waals surface area contributed by atoms with E-state index in [2.05, 4.69) is 173 Å². The van der Waals surface area contributed by atoms with E-state index in [-0.39, 0.29) is 0 Å². The highest BCUT2D eigenvalue weighted by Gasteiger charge is 2.27. The van der Waals surface area contributed by atoms with Gasteiger partial charge in [0.15, 0.2) is 11.4 Å². The monoisotopic (exact) mass is 702 g/mol. The first kappa shape index (κ1) is 30.0. The third-order valence-corrected chi connectivity index (χ3v) is 11.1. The van der Waals surface area contributed by atoms with E-state index >= 15 is 0 Å². The Hall–Kier alpha value is -7.50. The number of rotatable bonds is 4. The Labute approximate surface area is 315 Å². The van der Waals surface area contributed by atoms with Crippen molar-refractivity contribution in [2.24, 2.45) is 0 Å². The van der Waals surface area contributed by atoms with E-state index in [1.165, 1.54) is 21.5 Å². The average Bonchev–Trinajstić information content (AvgIpc) is 3.92. The molecule has 0 saturated heterocycles. The highest BCUT2D eigenvalue weighted by molar-refractivity contribution is 6.39. The van der Waals surface area contributed by atoms with Gasteiger partial charge in [-0.1, -0.05) is 133 Å². The molecule has 0 amide bonds. The minimum atomic E-state index is 0.683. The third-order valence-electron chi connectivity index (χ3n) is 11.1. The first-order valence-electron chi connectivity index (χ1n) is 18.6. The summed E-state index contributed by atoms with van der Waals surface area (Å²) in [6.07, 6.45) is 0. The lowest BCUT2D eigenvalue weighted by atomic mass is 10.0. The van der Waals surface area contributed by atoms with Crippen LogP contribution >= 0.6 is 0 Å². The number of hydrogen-bond acceptors (Lipinski definition) is 3. The van der Waals surface area contributed by atoms with E-state index in [9.17, 15) is 0 Å². The van der Waals surface area contributed by atoms with Crippen LogP contribution in [0.15, 0.2) is 186 Å². The zero-order valence-electron chi connectivity index (χ0n) is 29.5. The fourth-order valence-electron chi connectivity index (χ4n) is 8.80. The Bertz CT molecular complexity index is 3480. The van der Waals surface area contributed by atoms with Crippen molar-refractivity contribution in [3.05, 3.63) is 182 Å². The standard InChI is InChI=1S/C50H30N4O/c1-3-16-31(17-4-1)46-35-22-7-11-26-39(35)51-50(52-46)32-18-15-21-34(30-32)54-41-28-13-9-24-37(41)44-43-36-23-8-12-27-40(36)53(33-19-5-2-6-20-33)47(43)45-38-25-10-14-29-42(38)55-49(45)48(44)54/h1-30H. The van der Waals surface area contributed by atoms with Crippen LogP contribution in [-0.4, -0.2) is 19.1 Å². The van der Waals surface area contributed by atoms with Gasteiger partial charge in [-0.15, -0.1) is 0 Å². The second-order valence-corrected chi connectivity index (χ2v) is 14.1. The third kappa shape index (κ3) is 4.29. The summed E-state index contributed by atoms with van der Waals surface area (Å²) in [6.45, 7) is 0. The molecule has 0 unspecified atom stereocenters. The summed E-state index contributed by atoms with van der Waals surface area (Å²) in [6, 6.07) is 63.9. The van der Waals surface area contributed by atoms with Gasteiger partial charge in [-0.05, 0) is 48.5 Å². The average molecular weight is 703 g/mol. The number of nitrogens with zero attached hydrogens (tertiary/aromatic N) is 4. The molecule has 0 spiro atoms. The second kappa shape index (κ2) is 11.5. The van der Waals surface area contributed by atoms with Crippen LogP contribution in [0.3, 0.4) is 0 Å². The number of aromatic nitrogens is 4. The minimum absolute atomic E-state index is 0.683. The Morgan fingerprint density at radius 3 is 1.73 bits per heavy atom. The molecular weight excluding hydrogens is 673 g/mol. The summed E-state index contributed by atoms with van der Waals surface area (Å²) < 4.78 is 11.8. The normalized spacial score (nSPS) is 12.0. The Morgan fingerprint density at radius 2 is 0.964 bits per heavy atom. The van der Waals surface area contributed by atoms with Gasteiger partial charge in [0.1, 0.15) is 5.58 Å². The van der Waals surface area contributed by atoms with Crippen LogP contribution in [0.2, 0.25) is 0 Å². The first-order chi connectivity index (χ1) is 27.3. The molecule has 0 aliphatic carbocycles. The van der Waals surface area contributed by atoms with Gasteiger partial charge in [-0.2, -0.15) is 0 Å². The van der Waals surface area contributed by atoms with Crippen LogP contribution in [0, 0.1) is 0 Å². The van der Waals surface area contributed by atoms with Gasteiger partial charge in [0, 0.05) is 54.8 Å². The van der Waals surface area contributed by atoms with Crippen LogP contribution in [-0.2, 0) is 0 Å². The lowest BCUT2D eigenvalue weighted by Crippen LogP contribution is -1.98. The molecule has 4 aromatic heterocycles. The summed E-state index contributed by atoms with van der Waals surface area (Å²) in [5.41, 5.74) is 12.1. The van der Waals surface area contributed by atoms with E-state index in [1.54, 1.807) is 0 Å². The molecule has 0 fully saturated rings. The summed E-state index contributed by atoms with van der Waals surface area (Å²) in [5.74, 6) is 0.683. The van der Waals surface area contributed by atoms with Crippen molar-refractivity contribution in [1.29, 1.82) is 0 Å². The van der Waals surface area contributed by atoms with Crippen molar-refractivity contribution in [3.63, 3.8) is 0 Å². The molecule has 256 valence electrons. The maximum atomic E-state index is 7.02. The Morgan fingerprint density at radius 1 is 0.400 bits per heavy atom. The number of para-hydroxylation sites is 5. The van der Waals surface area contributed by atoms with Gasteiger partial charge in [0.2, 0.25) is 0 Å². The van der Waals surface area contributed by atoms with E-state index in [0.717, 1.165) is 83.1 Å². The van der Waals surface area contributed by atoms with E-state index in [1.807, 2.05) is 18.2 Å². The molecule has 12 aromatic rings. The molecule has 0 aliphatic heterocycles. The lowest BCUT2D eigenvalue weighted by Gasteiger charge is -2.13. The maximum Gasteiger partial charge on any atom is 0.162 e. The van der Waals surface area contributed by atoms with E-state index in [4.69, 9.17) is 14.4 Å². The lowest BCUT2D eigenvalue weighted by molar-refractivity contribution is 0.671. The highest BCUT2D eigenvalue weighted by Crippen LogP contribution is 2.49. The summed E-state index contributed by atoms with van der Waals surface area (Å²) in [7, 11) is 0. The molecule has 0 radical (unpaired) electrons. The van der Waals surface area contributed by atoms with Crippen molar-refractivity contribution in [2.75, 3.05) is 0 Å². The van der Waals surface area contributed by atoms with Gasteiger partial charge in [0.05, 0.1) is 38.7 Å². The molecule has 0 saturated carbocycles. The summed E-state index contributed by atoms with van der Waals surface area (Å²) >= 11 is 0. The topological polar surface area (TPSA) is 48.8 Å². The predicted molar refractivity (Wildman–Crippen MR) is 226 cm³/mol. The molecule has 8 aromatic carbocycles. The van der Waals surface area contributed by atoms with Gasteiger partial charge in [-0.25, -0.2) is 9.97 Å². The van der Waals surface area contributed by atoms with Crippen LogP contribution in [0.25, 0.3) is 110 Å². The number of furan rings is 1. The van der Waals surface area contributed by atoms with E-state index in [0.29, 0.717) is 5.82 Å². The molecule has 4 heterocycles. The predicted octanol–water partition coefficient (Wildman–Crippen LogP) is 13.1. The smallest absolute Gasteiger partial charge is 0.162 e. The van der Waals surface area contributed by atoms with Gasteiger partial charge < -0.3 is 13.6 Å². The van der Waals surface area contributed by atoms with Crippen LogP contribution in [0.1, 0.15) is 0 Å². The summed E-state index contributed by atoms with van der Waals surface area (Å²) in [5, 5.41) is 7.97. The fraction of sp³-hybridized carbons (Fsp3) is 0. The van der Waals surface area contributed by atoms with Crippen LogP contribution < -0.4 is 0 Å². The minimum Gasteiger partial charge on any atom is -0.454 e. The number of benzene rings is 8. The van der Waals surface area contributed by atoms with Crippen LogP contribution in [0.4, 0.5) is 0 Å².